The summed E-state index contributed by atoms with van der Waals surface area (Å²) >= 11 is 0. The molecule has 8 nitrogen and oxygen atoms in total. The van der Waals surface area contributed by atoms with Gasteiger partial charge in [0.15, 0.2) is 28.8 Å². The van der Waals surface area contributed by atoms with Crippen molar-refractivity contribution in [3.63, 3.8) is 0 Å². The summed E-state index contributed by atoms with van der Waals surface area (Å²) in [6, 6.07) is 10.7. The summed E-state index contributed by atoms with van der Waals surface area (Å²) in [5.74, 6) is 2.22. The lowest BCUT2D eigenvalue weighted by atomic mass is 9.83. The first kappa shape index (κ1) is 26.8. The average Bonchev–Trinajstić information content (AvgIpc) is 2.89. The van der Waals surface area contributed by atoms with Crippen molar-refractivity contribution in [1.29, 1.82) is 0 Å². The molecule has 192 valence electrons. The van der Waals surface area contributed by atoms with Gasteiger partial charge in [-0.1, -0.05) is 12.1 Å². The number of hydrogen-bond donors (Lipinski definition) is 2. The highest BCUT2D eigenvalue weighted by molar-refractivity contribution is 6.14. The number of benzene rings is 2. The van der Waals surface area contributed by atoms with Gasteiger partial charge in [0.2, 0.25) is 5.91 Å². The van der Waals surface area contributed by atoms with Gasteiger partial charge in [0, 0.05) is 23.6 Å². The summed E-state index contributed by atoms with van der Waals surface area (Å²) < 4.78 is 21.4. The monoisotopic (exact) mass is 494 g/mol. The van der Waals surface area contributed by atoms with Crippen LogP contribution in [0.4, 0.5) is 0 Å². The summed E-state index contributed by atoms with van der Waals surface area (Å²) in [5.41, 5.74) is 8.36. The van der Waals surface area contributed by atoms with Gasteiger partial charge in [-0.15, -0.1) is 0 Å². The van der Waals surface area contributed by atoms with Gasteiger partial charge in [0.1, 0.15) is 0 Å². The van der Waals surface area contributed by atoms with Crippen molar-refractivity contribution >= 4 is 23.8 Å². The number of rotatable bonds is 10. The molecule has 0 spiro atoms. The van der Waals surface area contributed by atoms with Crippen LogP contribution in [0, 0.1) is 0 Å². The highest BCUT2D eigenvalue weighted by Crippen LogP contribution is 2.33. The van der Waals surface area contributed by atoms with E-state index in [1.807, 2.05) is 36.4 Å². The molecule has 0 saturated heterocycles. The third kappa shape index (κ3) is 6.66. The summed E-state index contributed by atoms with van der Waals surface area (Å²) in [5, 5.41) is 3.07. The van der Waals surface area contributed by atoms with Gasteiger partial charge in [-0.05, 0) is 73.4 Å². The molecule has 0 aliphatic heterocycles. The Morgan fingerprint density at radius 2 is 1.33 bits per heavy atom. The second kappa shape index (κ2) is 12.8. The highest BCUT2D eigenvalue weighted by Gasteiger charge is 2.29. The Bertz CT molecular complexity index is 1080. The summed E-state index contributed by atoms with van der Waals surface area (Å²) in [6.45, 7) is 0.450. The number of carbonyl (C=O) groups excluding carboxylic acids is 2. The van der Waals surface area contributed by atoms with Crippen molar-refractivity contribution in [3.8, 4) is 23.0 Å². The van der Waals surface area contributed by atoms with Crippen LogP contribution in [0.1, 0.15) is 36.8 Å². The zero-order valence-electron chi connectivity index (χ0n) is 21.3. The van der Waals surface area contributed by atoms with Crippen LogP contribution in [0.15, 0.2) is 47.5 Å². The van der Waals surface area contributed by atoms with E-state index in [2.05, 4.69) is 5.32 Å². The Hall–Kier alpha value is -3.78. The second-order valence-corrected chi connectivity index (χ2v) is 8.46. The molecule has 1 aliphatic rings. The van der Waals surface area contributed by atoms with Gasteiger partial charge in [-0.2, -0.15) is 0 Å². The van der Waals surface area contributed by atoms with Crippen molar-refractivity contribution < 1.29 is 28.5 Å². The van der Waals surface area contributed by atoms with E-state index in [1.54, 1.807) is 40.6 Å². The number of amides is 1. The van der Waals surface area contributed by atoms with E-state index in [0.717, 1.165) is 11.1 Å². The van der Waals surface area contributed by atoms with E-state index in [1.165, 1.54) is 0 Å². The van der Waals surface area contributed by atoms with E-state index in [-0.39, 0.29) is 17.7 Å². The van der Waals surface area contributed by atoms with Crippen LogP contribution in [0.25, 0.3) is 12.2 Å². The Balaban J connectivity index is 1.97. The average molecular weight is 495 g/mol. The van der Waals surface area contributed by atoms with Gasteiger partial charge in [0.05, 0.1) is 28.4 Å². The van der Waals surface area contributed by atoms with Gasteiger partial charge in [-0.3, -0.25) is 9.59 Å². The molecule has 0 heterocycles. The molecule has 0 bridgehead atoms. The number of nitrogens with two attached hydrogens (primary N) is 1. The van der Waals surface area contributed by atoms with Crippen molar-refractivity contribution in [3.05, 3.63) is 58.7 Å². The molecule has 36 heavy (non-hydrogen) atoms. The van der Waals surface area contributed by atoms with Crippen LogP contribution < -0.4 is 30.0 Å². The lowest BCUT2D eigenvalue weighted by Crippen LogP contribution is -2.39. The smallest absolute Gasteiger partial charge is 0.220 e. The molecule has 0 aromatic heterocycles. The predicted molar refractivity (Wildman–Crippen MR) is 140 cm³/mol. The summed E-state index contributed by atoms with van der Waals surface area (Å²) in [4.78, 5) is 26.0. The summed E-state index contributed by atoms with van der Waals surface area (Å²) in [6.07, 6.45) is 5.48. The minimum atomic E-state index is -0.217. The summed E-state index contributed by atoms with van der Waals surface area (Å²) in [7, 11) is 6.28. The lowest BCUT2D eigenvalue weighted by molar-refractivity contribution is -0.122. The molecule has 0 unspecified atom stereocenters. The number of ketones is 1. The maximum absolute atomic E-state index is 13.5. The van der Waals surface area contributed by atoms with E-state index < -0.39 is 0 Å². The number of ether oxygens (including phenoxy) is 4. The zero-order chi connectivity index (χ0) is 26.1. The number of hydrogen-bond acceptors (Lipinski definition) is 7. The fraction of sp³-hybridized carbons (Fsp3) is 0.357. The molecular weight excluding hydrogens is 460 g/mol. The predicted octanol–water partition coefficient (Wildman–Crippen LogP) is 3.77. The van der Waals surface area contributed by atoms with Gasteiger partial charge in [-0.25, -0.2) is 0 Å². The first-order valence-electron chi connectivity index (χ1n) is 11.8. The molecule has 1 amide bonds. The number of nitrogens with one attached hydrogen (secondary N) is 1. The molecule has 1 fully saturated rings. The Labute approximate surface area is 212 Å². The second-order valence-electron chi connectivity index (χ2n) is 8.46. The zero-order valence-corrected chi connectivity index (χ0v) is 21.3. The van der Waals surface area contributed by atoms with Crippen molar-refractivity contribution in [1.82, 2.24) is 5.32 Å². The van der Waals surface area contributed by atoms with E-state index in [4.69, 9.17) is 24.7 Å². The van der Waals surface area contributed by atoms with Crippen molar-refractivity contribution in [2.45, 2.75) is 31.7 Å². The molecule has 2 aromatic carbocycles. The fourth-order valence-corrected chi connectivity index (χ4v) is 4.20. The molecule has 3 N–H and O–H groups in total. The number of Topliss-reactive ketones (excluding diaryl/α,β-unsaturated/α-hetero) is 1. The first-order valence-corrected chi connectivity index (χ1v) is 11.8. The van der Waals surface area contributed by atoms with E-state index in [0.29, 0.717) is 66.4 Å². The van der Waals surface area contributed by atoms with Crippen molar-refractivity contribution in [2.24, 2.45) is 5.73 Å². The lowest BCUT2D eigenvalue weighted by Gasteiger charge is -2.27. The molecule has 0 radical (unpaired) electrons. The SMILES string of the molecule is COc1ccc(/C=C2\CC(NC(=O)CCCN)C/C(=C\c3ccc(OC)c(OC)c3)C2=O)cc1OC. The van der Waals surface area contributed by atoms with Crippen LogP contribution >= 0.6 is 0 Å². The largest absolute Gasteiger partial charge is 0.493 e. The topological polar surface area (TPSA) is 109 Å². The maximum atomic E-state index is 13.5. The van der Waals surface area contributed by atoms with E-state index in [9.17, 15) is 9.59 Å². The third-order valence-corrected chi connectivity index (χ3v) is 5.99. The Morgan fingerprint density at radius 3 is 1.75 bits per heavy atom. The highest BCUT2D eigenvalue weighted by atomic mass is 16.5. The van der Waals surface area contributed by atoms with Crippen LogP contribution in [-0.4, -0.2) is 52.7 Å². The minimum absolute atomic E-state index is 0.0629. The third-order valence-electron chi connectivity index (χ3n) is 5.99. The molecule has 3 rings (SSSR count). The maximum Gasteiger partial charge on any atom is 0.220 e. The molecule has 1 aliphatic carbocycles. The first-order chi connectivity index (χ1) is 17.4. The van der Waals surface area contributed by atoms with Crippen LogP contribution in [0.5, 0.6) is 23.0 Å². The standard InChI is InChI=1S/C28H34N2O6/c1-33-23-9-7-18(14-25(23)35-3)12-20-16-22(30-27(31)6-5-11-29)17-21(28(20)32)13-19-8-10-24(34-2)26(15-19)36-4/h7-10,12-15,22H,5-6,11,16-17,29H2,1-4H3,(H,30,31)/b20-12+,21-13+. The van der Waals surface area contributed by atoms with Crippen LogP contribution in [0.2, 0.25) is 0 Å². The Morgan fingerprint density at radius 1 is 0.861 bits per heavy atom. The van der Waals surface area contributed by atoms with Crippen molar-refractivity contribution in [2.75, 3.05) is 35.0 Å². The van der Waals surface area contributed by atoms with Gasteiger partial charge < -0.3 is 30.0 Å². The Kier molecular flexibility index (Phi) is 9.53. The van der Waals surface area contributed by atoms with Crippen LogP contribution in [-0.2, 0) is 9.59 Å². The van der Waals surface area contributed by atoms with E-state index >= 15 is 0 Å². The van der Waals surface area contributed by atoms with Gasteiger partial charge in [0.25, 0.3) is 0 Å². The fourth-order valence-electron chi connectivity index (χ4n) is 4.20. The molecular formula is C28H34N2O6. The molecule has 0 atom stereocenters. The molecule has 2 aromatic rings. The normalized spacial score (nSPS) is 17.7. The minimum Gasteiger partial charge on any atom is -0.493 e. The number of carbonyl (C=O) groups is 2. The molecule has 8 heteroatoms. The quantitative estimate of drug-likeness (QED) is 0.484. The number of methoxy groups -OCH3 is 4. The van der Waals surface area contributed by atoms with Gasteiger partial charge >= 0.3 is 0 Å². The van der Waals surface area contributed by atoms with Crippen LogP contribution in [0.3, 0.4) is 0 Å². The molecule has 1 saturated carbocycles.